The van der Waals surface area contributed by atoms with Crippen LogP contribution in [-0.4, -0.2) is 36.7 Å². The van der Waals surface area contributed by atoms with E-state index in [1.807, 2.05) is 11.8 Å². The molecule has 0 aromatic rings. The minimum Gasteiger partial charge on any atom is -0.314 e. The van der Waals surface area contributed by atoms with Crippen molar-refractivity contribution in [2.24, 2.45) is 0 Å². The Hall–Kier alpha value is 0.270. The van der Waals surface area contributed by atoms with Crippen LogP contribution in [0.1, 0.15) is 0 Å². The van der Waals surface area contributed by atoms with Gasteiger partial charge in [0, 0.05) is 36.7 Å². The lowest BCUT2D eigenvalue weighted by molar-refractivity contribution is 0.343. The van der Waals surface area contributed by atoms with Crippen molar-refractivity contribution in [1.29, 1.82) is 0 Å². The van der Waals surface area contributed by atoms with Gasteiger partial charge in [-0.2, -0.15) is 11.8 Å². The summed E-state index contributed by atoms with van der Waals surface area (Å²) in [4.78, 5) is 0. The molecule has 9 heavy (non-hydrogen) atoms. The van der Waals surface area contributed by atoms with Crippen molar-refractivity contribution >= 4 is 11.8 Å². The zero-order valence-corrected chi connectivity index (χ0v) is 6.21. The van der Waals surface area contributed by atoms with Crippen LogP contribution >= 0.6 is 11.8 Å². The van der Waals surface area contributed by atoms with Gasteiger partial charge in [0.05, 0.1) is 0 Å². The van der Waals surface area contributed by atoms with Crippen LogP contribution in [0.3, 0.4) is 0 Å². The fourth-order valence-corrected chi connectivity index (χ4v) is 1.74. The van der Waals surface area contributed by atoms with Crippen LogP contribution < -0.4 is 10.6 Å². The molecule has 0 atom stereocenters. The molecule has 0 radical (unpaired) electrons. The van der Waals surface area contributed by atoms with E-state index >= 15 is 0 Å². The van der Waals surface area contributed by atoms with Crippen LogP contribution in [-0.2, 0) is 0 Å². The molecule has 2 nitrogen and oxygen atoms in total. The van der Waals surface area contributed by atoms with Gasteiger partial charge in [0.1, 0.15) is 0 Å². The van der Waals surface area contributed by atoms with Gasteiger partial charge >= 0.3 is 0 Å². The number of hydrogen-bond acceptors (Lipinski definition) is 3. The summed E-state index contributed by atoms with van der Waals surface area (Å²) in [6.45, 7) is 2.36. The first-order chi connectivity index (χ1) is 4.45. The molecule has 0 amide bonds. The fourth-order valence-electron chi connectivity index (χ4n) is 1.07. The first-order valence-corrected chi connectivity index (χ1v) is 4.65. The average molecular weight is 144 g/mol. The van der Waals surface area contributed by atoms with Crippen LogP contribution in [0.2, 0.25) is 0 Å². The van der Waals surface area contributed by atoms with Gasteiger partial charge in [0.15, 0.2) is 0 Å². The zero-order chi connectivity index (χ0) is 6.10. The molecule has 3 heteroatoms. The highest BCUT2D eigenvalue weighted by Gasteiger charge is 2.24. The third-order valence-corrected chi connectivity index (χ3v) is 3.17. The molecule has 2 N–H and O–H groups in total. The van der Waals surface area contributed by atoms with Gasteiger partial charge in [-0.15, -0.1) is 0 Å². The van der Waals surface area contributed by atoms with E-state index in [0.717, 1.165) is 12.1 Å². The summed E-state index contributed by atoms with van der Waals surface area (Å²) in [5.41, 5.74) is 0. The Morgan fingerprint density at radius 3 is 2.33 bits per heavy atom. The van der Waals surface area contributed by atoms with E-state index < -0.39 is 0 Å². The largest absolute Gasteiger partial charge is 0.314 e. The molecular formula is C6H12N2S. The predicted octanol–water partition coefficient (Wildman–Crippen LogP) is -0.337. The molecular weight excluding hydrogens is 132 g/mol. The lowest BCUT2D eigenvalue weighted by Crippen LogP contribution is -2.60. The molecule has 2 aliphatic heterocycles. The van der Waals surface area contributed by atoms with Gasteiger partial charge in [-0.25, -0.2) is 0 Å². The molecule has 0 aromatic heterocycles. The summed E-state index contributed by atoms with van der Waals surface area (Å²) >= 11 is 2.04. The van der Waals surface area contributed by atoms with E-state index in [9.17, 15) is 0 Å². The molecule has 0 aromatic carbocycles. The molecule has 2 heterocycles. The lowest BCUT2D eigenvalue weighted by atomic mass is 10.1. The van der Waals surface area contributed by atoms with Gasteiger partial charge in [-0.3, -0.25) is 0 Å². The summed E-state index contributed by atoms with van der Waals surface area (Å²) < 4.78 is 0. The van der Waals surface area contributed by atoms with Crippen LogP contribution in [0.4, 0.5) is 0 Å². The number of thioether (sulfide) groups is 1. The summed E-state index contributed by atoms with van der Waals surface area (Å²) in [6.07, 6.45) is 0. The summed E-state index contributed by atoms with van der Waals surface area (Å²) in [5, 5.41) is 6.81. The van der Waals surface area contributed by atoms with Crippen LogP contribution in [0.15, 0.2) is 0 Å². The Labute approximate surface area is 59.8 Å². The highest BCUT2D eigenvalue weighted by atomic mass is 32.2. The van der Waals surface area contributed by atoms with E-state index in [4.69, 9.17) is 0 Å². The van der Waals surface area contributed by atoms with Crippen LogP contribution in [0, 0.1) is 0 Å². The Morgan fingerprint density at radius 1 is 1.22 bits per heavy atom. The lowest BCUT2D eigenvalue weighted by Gasteiger charge is -2.35. The summed E-state index contributed by atoms with van der Waals surface area (Å²) in [6, 6.07) is 1.62. The molecule has 0 aliphatic carbocycles. The van der Waals surface area contributed by atoms with Crippen molar-refractivity contribution in [3.8, 4) is 0 Å². The Bertz CT molecular complexity index is 87.2. The first kappa shape index (κ1) is 6.01. The second-order valence-corrected chi connectivity index (χ2v) is 3.83. The molecule has 0 unspecified atom stereocenters. The maximum atomic E-state index is 3.57. The fraction of sp³-hybridized carbons (Fsp3) is 1.00. The van der Waals surface area contributed by atoms with E-state index in [1.54, 1.807) is 0 Å². The highest BCUT2D eigenvalue weighted by Crippen LogP contribution is 2.17. The third-order valence-electron chi connectivity index (χ3n) is 1.89. The quantitative estimate of drug-likeness (QED) is 0.554. The molecule has 0 saturated carbocycles. The van der Waals surface area contributed by atoms with Crippen molar-refractivity contribution in [3.63, 3.8) is 0 Å². The molecule has 0 spiro atoms. The van der Waals surface area contributed by atoms with Crippen molar-refractivity contribution < 1.29 is 0 Å². The van der Waals surface area contributed by atoms with E-state index in [1.165, 1.54) is 24.6 Å². The summed E-state index contributed by atoms with van der Waals surface area (Å²) in [5.74, 6) is 2.66. The van der Waals surface area contributed by atoms with Crippen molar-refractivity contribution in [2.45, 2.75) is 12.1 Å². The molecule has 2 saturated heterocycles. The number of rotatable bonds is 2. The standard InChI is InChI=1S/C6H12N2S/c1-5(2-7-1)8-6-3-9-4-6/h5-8H,1-4H2. The normalized spacial score (nSPS) is 29.3. The topological polar surface area (TPSA) is 24.1 Å². The SMILES string of the molecule is C1NCC1NC1CSC1. The Balaban J connectivity index is 1.64. The predicted molar refractivity (Wildman–Crippen MR) is 40.9 cm³/mol. The van der Waals surface area contributed by atoms with Crippen LogP contribution in [0.25, 0.3) is 0 Å². The number of hydrogen-bond donors (Lipinski definition) is 2. The third kappa shape index (κ3) is 1.23. The maximum absolute atomic E-state index is 3.57. The zero-order valence-electron chi connectivity index (χ0n) is 5.39. The maximum Gasteiger partial charge on any atom is 0.0320 e. The molecule has 2 fully saturated rings. The monoisotopic (exact) mass is 144 g/mol. The van der Waals surface area contributed by atoms with Crippen molar-refractivity contribution in [3.05, 3.63) is 0 Å². The van der Waals surface area contributed by atoms with E-state index in [2.05, 4.69) is 10.6 Å². The number of nitrogens with one attached hydrogen (secondary N) is 2. The Kier molecular flexibility index (Phi) is 1.66. The second kappa shape index (κ2) is 2.48. The first-order valence-electron chi connectivity index (χ1n) is 3.49. The molecule has 52 valence electrons. The molecule has 2 rings (SSSR count). The van der Waals surface area contributed by atoms with Gasteiger partial charge in [-0.05, 0) is 0 Å². The van der Waals surface area contributed by atoms with Gasteiger partial charge in [0.2, 0.25) is 0 Å². The van der Waals surface area contributed by atoms with E-state index in [0.29, 0.717) is 0 Å². The summed E-state index contributed by atoms with van der Waals surface area (Å²) in [7, 11) is 0. The highest BCUT2D eigenvalue weighted by molar-refractivity contribution is 8.00. The van der Waals surface area contributed by atoms with Crippen LogP contribution in [0.5, 0.6) is 0 Å². The Morgan fingerprint density at radius 2 is 2.00 bits per heavy atom. The minimum absolute atomic E-state index is 0.788. The second-order valence-electron chi connectivity index (χ2n) is 2.76. The molecule has 2 aliphatic rings. The smallest absolute Gasteiger partial charge is 0.0320 e. The van der Waals surface area contributed by atoms with Crippen molar-refractivity contribution in [1.82, 2.24) is 10.6 Å². The van der Waals surface area contributed by atoms with Gasteiger partial charge in [0.25, 0.3) is 0 Å². The van der Waals surface area contributed by atoms with Crippen molar-refractivity contribution in [2.75, 3.05) is 24.6 Å². The average Bonchev–Trinajstić information content (AvgIpc) is 1.57. The van der Waals surface area contributed by atoms with E-state index in [-0.39, 0.29) is 0 Å². The van der Waals surface area contributed by atoms with Gasteiger partial charge in [-0.1, -0.05) is 0 Å². The minimum atomic E-state index is 0.788. The van der Waals surface area contributed by atoms with Gasteiger partial charge < -0.3 is 10.6 Å². The molecule has 0 bridgehead atoms.